The fourth-order valence-electron chi connectivity index (χ4n) is 2.23. The third-order valence-corrected chi connectivity index (χ3v) is 6.57. The summed E-state index contributed by atoms with van der Waals surface area (Å²) in [6.45, 7) is 12.4. The molecule has 0 aromatic heterocycles. The highest BCUT2D eigenvalue weighted by molar-refractivity contribution is 14.1. The van der Waals surface area contributed by atoms with Gasteiger partial charge in [-0.15, -0.1) is 21.8 Å². The number of rotatable bonds is 14. The van der Waals surface area contributed by atoms with Gasteiger partial charge in [-0.3, -0.25) is 0 Å². The zero-order chi connectivity index (χ0) is 15.3. The molecule has 0 rings (SSSR count). The molecular formula is C17H35IOSi. The molecule has 0 unspecified atom stereocenters. The lowest BCUT2D eigenvalue weighted by Crippen LogP contribution is -2.13. The minimum absolute atomic E-state index is 0.733. The van der Waals surface area contributed by atoms with Crippen LogP contribution in [0.3, 0.4) is 0 Å². The molecule has 0 saturated carbocycles. The Labute approximate surface area is 141 Å². The minimum atomic E-state index is -0.809. The second kappa shape index (κ2) is 13.3. The second-order valence-corrected chi connectivity index (χ2v) is 19.4. The van der Waals surface area contributed by atoms with E-state index in [-0.39, 0.29) is 0 Å². The van der Waals surface area contributed by atoms with Crippen LogP contribution in [-0.2, 0) is 4.74 Å². The van der Waals surface area contributed by atoms with Crippen molar-refractivity contribution in [2.45, 2.75) is 83.8 Å². The number of hydrogen-bond donors (Lipinski definition) is 0. The lowest BCUT2D eigenvalue weighted by Gasteiger charge is -2.12. The Kier molecular flexibility index (Phi) is 13.8. The molecule has 1 nitrogen and oxygen atoms in total. The van der Waals surface area contributed by atoms with Gasteiger partial charge in [0.05, 0.1) is 6.61 Å². The van der Waals surface area contributed by atoms with Gasteiger partial charge in [0, 0.05) is 6.61 Å². The molecule has 0 spiro atoms. The fraction of sp³-hybridized carbons (Fsp3) is 0.882. The van der Waals surface area contributed by atoms with Crippen molar-refractivity contribution in [1.82, 2.24) is 0 Å². The van der Waals surface area contributed by atoms with Gasteiger partial charge in [-0.1, -0.05) is 76.6 Å². The molecule has 0 N–H and O–H groups in total. The third-order valence-electron chi connectivity index (χ3n) is 3.41. The molecule has 20 heavy (non-hydrogen) atoms. The van der Waals surface area contributed by atoms with Crippen LogP contribution in [0.25, 0.3) is 0 Å². The van der Waals surface area contributed by atoms with Crippen molar-refractivity contribution in [3.8, 4) is 0 Å². The van der Waals surface area contributed by atoms with E-state index in [4.69, 9.17) is 4.74 Å². The molecule has 0 fully saturated rings. The van der Waals surface area contributed by atoms with Crippen molar-refractivity contribution in [2.24, 2.45) is 0 Å². The third kappa shape index (κ3) is 18.6. The average molecular weight is 410 g/mol. The van der Waals surface area contributed by atoms with Crippen molar-refractivity contribution in [3.63, 3.8) is 0 Å². The average Bonchev–Trinajstić information content (AvgIpc) is 2.33. The van der Waals surface area contributed by atoms with E-state index in [1.54, 1.807) is 0 Å². The number of unbranched alkanes of at least 4 members (excludes halogenated alkanes) is 8. The van der Waals surface area contributed by atoms with Crippen LogP contribution in [0.2, 0.25) is 19.1 Å². The van der Waals surface area contributed by atoms with Crippen LogP contribution in [0.1, 0.15) is 64.7 Å². The van der Waals surface area contributed by atoms with Crippen LogP contribution in [-0.4, -0.2) is 18.8 Å². The van der Waals surface area contributed by atoms with Gasteiger partial charge < -0.3 is 4.74 Å². The fourth-order valence-corrected chi connectivity index (χ4v) is 4.47. The predicted molar refractivity (Wildman–Crippen MR) is 103 cm³/mol. The maximum absolute atomic E-state index is 5.50. The minimum Gasteiger partial charge on any atom is -0.377 e. The van der Waals surface area contributed by atoms with E-state index < -0.39 is 5.57 Å². The summed E-state index contributed by atoms with van der Waals surface area (Å²) in [5.74, 6) is 0. The molecular weight excluding hydrogens is 375 g/mol. The standard InChI is InChI=1S/C17H35IOSi/c1-17(2)16-19-14-12-10-8-6-5-7-9-11-13-15-20(3,4)18/h1,5-16H2,2-4H3. The van der Waals surface area contributed by atoms with E-state index in [1.807, 2.05) is 6.92 Å². The highest BCUT2D eigenvalue weighted by Gasteiger charge is 2.14. The van der Waals surface area contributed by atoms with Gasteiger partial charge in [-0.05, 0) is 19.4 Å². The SMILES string of the molecule is C=C(C)COCCCCCCCCCCC[Si](C)(C)I. The molecule has 0 aliphatic rings. The molecule has 0 amide bonds. The van der Waals surface area contributed by atoms with Crippen LogP contribution in [0, 0.1) is 0 Å². The summed E-state index contributed by atoms with van der Waals surface area (Å²) < 4.78 is 5.50. The number of hydrogen-bond acceptors (Lipinski definition) is 1. The molecule has 0 heterocycles. The summed E-state index contributed by atoms with van der Waals surface area (Å²) in [6.07, 6.45) is 12.6. The Balaban J connectivity index is 3.05. The lowest BCUT2D eigenvalue weighted by atomic mass is 10.1. The molecule has 3 heteroatoms. The Morgan fingerprint density at radius 3 is 1.80 bits per heavy atom. The van der Waals surface area contributed by atoms with Gasteiger partial charge in [0.15, 0.2) is 0 Å². The number of halogens is 1. The summed E-state index contributed by atoms with van der Waals surface area (Å²) in [7, 11) is 0. The van der Waals surface area contributed by atoms with Crippen LogP contribution in [0.15, 0.2) is 12.2 Å². The van der Waals surface area contributed by atoms with Crippen molar-refractivity contribution < 1.29 is 4.74 Å². The molecule has 0 aromatic carbocycles. The Hall–Kier alpha value is 0.647. The molecule has 0 aromatic rings. The topological polar surface area (TPSA) is 9.23 Å². The van der Waals surface area contributed by atoms with Crippen molar-refractivity contribution in [2.75, 3.05) is 13.2 Å². The van der Waals surface area contributed by atoms with Gasteiger partial charge in [-0.2, -0.15) is 0 Å². The first-order chi connectivity index (χ1) is 9.42. The van der Waals surface area contributed by atoms with Crippen LogP contribution in [0.5, 0.6) is 0 Å². The maximum atomic E-state index is 5.50. The predicted octanol–water partition coefficient (Wildman–Crippen LogP) is 6.73. The van der Waals surface area contributed by atoms with Crippen molar-refractivity contribution in [1.29, 1.82) is 0 Å². The van der Waals surface area contributed by atoms with Gasteiger partial charge >= 0.3 is 0 Å². The summed E-state index contributed by atoms with van der Waals surface area (Å²) in [5.41, 5.74) is 0.315. The van der Waals surface area contributed by atoms with Gasteiger partial charge in [0.2, 0.25) is 0 Å². The summed E-state index contributed by atoms with van der Waals surface area (Å²) in [6, 6.07) is 1.50. The van der Waals surface area contributed by atoms with E-state index in [0.29, 0.717) is 0 Å². The Morgan fingerprint density at radius 1 is 0.900 bits per heavy atom. The van der Waals surface area contributed by atoms with E-state index in [0.717, 1.165) is 18.8 Å². The number of ether oxygens (including phenoxy) is 1. The van der Waals surface area contributed by atoms with E-state index in [1.165, 1.54) is 63.8 Å². The first kappa shape index (κ1) is 20.6. The van der Waals surface area contributed by atoms with E-state index >= 15 is 0 Å². The summed E-state index contributed by atoms with van der Waals surface area (Å²) in [4.78, 5) is 0. The molecule has 120 valence electrons. The van der Waals surface area contributed by atoms with Crippen LogP contribution in [0.4, 0.5) is 0 Å². The van der Waals surface area contributed by atoms with E-state index in [2.05, 4.69) is 41.5 Å². The Morgan fingerprint density at radius 2 is 1.35 bits per heavy atom. The zero-order valence-electron chi connectivity index (χ0n) is 14.0. The highest BCUT2D eigenvalue weighted by Crippen LogP contribution is 2.21. The molecule has 0 atom stereocenters. The molecule has 0 saturated heterocycles. The molecule has 0 aliphatic carbocycles. The molecule has 0 radical (unpaired) electrons. The van der Waals surface area contributed by atoms with Gasteiger partial charge in [-0.25, -0.2) is 0 Å². The molecule has 0 aliphatic heterocycles. The normalized spacial score (nSPS) is 11.8. The summed E-state index contributed by atoms with van der Waals surface area (Å²) >= 11 is 2.70. The van der Waals surface area contributed by atoms with Crippen molar-refractivity contribution in [3.05, 3.63) is 12.2 Å². The largest absolute Gasteiger partial charge is 0.377 e. The van der Waals surface area contributed by atoms with Gasteiger partial charge in [0.25, 0.3) is 0 Å². The first-order valence-corrected chi connectivity index (χ1v) is 14.6. The first-order valence-electron chi connectivity index (χ1n) is 8.33. The van der Waals surface area contributed by atoms with Crippen LogP contribution < -0.4 is 0 Å². The smallest absolute Gasteiger partial charge is 0.119 e. The van der Waals surface area contributed by atoms with Crippen LogP contribution >= 0.6 is 21.8 Å². The van der Waals surface area contributed by atoms with E-state index in [9.17, 15) is 0 Å². The van der Waals surface area contributed by atoms with Gasteiger partial charge in [0.1, 0.15) is 5.57 Å². The second-order valence-electron chi connectivity index (χ2n) is 6.66. The monoisotopic (exact) mass is 410 g/mol. The van der Waals surface area contributed by atoms with Crippen molar-refractivity contribution >= 4 is 27.4 Å². The summed E-state index contributed by atoms with van der Waals surface area (Å²) in [5, 5.41) is 0. The Bertz CT molecular complexity index is 236. The highest BCUT2D eigenvalue weighted by atomic mass is 127. The molecule has 0 bridgehead atoms. The zero-order valence-corrected chi connectivity index (χ0v) is 17.1. The lowest BCUT2D eigenvalue weighted by molar-refractivity contribution is 0.151. The maximum Gasteiger partial charge on any atom is 0.119 e. The quantitative estimate of drug-likeness (QED) is 0.101.